The lowest BCUT2D eigenvalue weighted by atomic mass is 10.4. The van der Waals surface area contributed by atoms with E-state index in [4.69, 9.17) is 23.2 Å². The molecule has 0 aliphatic rings. The van der Waals surface area contributed by atoms with E-state index in [1.165, 1.54) is 29.6 Å². The first-order valence-electron chi connectivity index (χ1n) is 4.95. The summed E-state index contributed by atoms with van der Waals surface area (Å²) >= 11 is 11.6. The Morgan fingerprint density at radius 2 is 1.72 bits per heavy atom. The van der Waals surface area contributed by atoms with Gasteiger partial charge >= 0.3 is 0 Å². The monoisotopic (exact) mass is 332 g/mol. The second kappa shape index (κ2) is 7.53. The van der Waals surface area contributed by atoms with Crippen LogP contribution < -0.4 is 5.32 Å². The van der Waals surface area contributed by atoms with Crippen molar-refractivity contribution >= 4 is 45.6 Å². The van der Waals surface area contributed by atoms with Gasteiger partial charge in [-0.2, -0.15) is 4.31 Å². The summed E-state index contributed by atoms with van der Waals surface area (Å²) in [7, 11) is -0.256. The van der Waals surface area contributed by atoms with Gasteiger partial charge in [0.1, 0.15) is 0 Å². The molecule has 0 bridgehead atoms. The molecule has 0 fully saturated rings. The molecule has 0 amide bonds. The Labute approximate surface area is 124 Å². The molecule has 8 heteroatoms. The number of nitrogens with one attached hydrogen (secondary N) is 1. The number of halogens is 3. The highest BCUT2D eigenvalue weighted by Gasteiger charge is 2.21. The fourth-order valence-electron chi connectivity index (χ4n) is 1.25. The van der Waals surface area contributed by atoms with Gasteiger partial charge in [0.2, 0.25) is 10.0 Å². The molecule has 0 aliphatic carbocycles. The molecule has 0 saturated heterocycles. The van der Waals surface area contributed by atoms with E-state index in [2.05, 4.69) is 5.32 Å². The van der Waals surface area contributed by atoms with Crippen LogP contribution in [0.25, 0.3) is 0 Å². The van der Waals surface area contributed by atoms with Crippen LogP contribution in [0.3, 0.4) is 0 Å². The Morgan fingerprint density at radius 1 is 1.22 bits per heavy atom. The SMILES string of the molecule is CNCCN(C)S(=O)(=O)c1cc(Cl)cc(Cl)c1.Cl. The lowest BCUT2D eigenvalue weighted by molar-refractivity contribution is 0.466. The number of likely N-dealkylation sites (N-methyl/N-ethyl adjacent to an activating group) is 2. The first-order valence-corrected chi connectivity index (χ1v) is 7.14. The zero-order valence-electron chi connectivity index (χ0n) is 9.98. The predicted octanol–water partition coefficient (Wildman–Crippen LogP) is 2.26. The minimum absolute atomic E-state index is 0. The number of sulfonamides is 1. The smallest absolute Gasteiger partial charge is 0.242 e. The van der Waals surface area contributed by atoms with Crippen molar-refractivity contribution in [3.63, 3.8) is 0 Å². The van der Waals surface area contributed by atoms with E-state index in [9.17, 15) is 8.42 Å². The molecule has 1 aromatic rings. The lowest BCUT2D eigenvalue weighted by Crippen LogP contribution is -2.32. The highest BCUT2D eigenvalue weighted by atomic mass is 35.5. The Morgan fingerprint density at radius 3 is 2.17 bits per heavy atom. The van der Waals surface area contributed by atoms with E-state index in [1.807, 2.05) is 0 Å². The molecule has 0 aliphatic heterocycles. The van der Waals surface area contributed by atoms with Gasteiger partial charge in [-0.3, -0.25) is 0 Å². The standard InChI is InChI=1S/C10H14Cl2N2O2S.ClH/c1-13-3-4-14(2)17(15,16)10-6-8(11)5-9(12)7-10;/h5-7,13H,3-4H2,1-2H3;1H. The number of benzene rings is 1. The van der Waals surface area contributed by atoms with Crippen LogP contribution >= 0.6 is 35.6 Å². The van der Waals surface area contributed by atoms with Crippen molar-refractivity contribution in [2.45, 2.75) is 4.90 Å². The van der Waals surface area contributed by atoms with Crippen LogP contribution in [0.15, 0.2) is 23.1 Å². The third-order valence-corrected chi connectivity index (χ3v) is 4.49. The molecule has 18 heavy (non-hydrogen) atoms. The molecule has 1 rings (SSSR count). The van der Waals surface area contributed by atoms with E-state index in [1.54, 1.807) is 7.05 Å². The first kappa shape index (κ1) is 18.0. The van der Waals surface area contributed by atoms with Gasteiger partial charge in [-0.1, -0.05) is 23.2 Å². The van der Waals surface area contributed by atoms with Gasteiger partial charge in [0.15, 0.2) is 0 Å². The van der Waals surface area contributed by atoms with Crippen molar-refractivity contribution in [3.8, 4) is 0 Å². The average molecular weight is 334 g/mol. The van der Waals surface area contributed by atoms with E-state index in [-0.39, 0.29) is 17.3 Å². The van der Waals surface area contributed by atoms with E-state index in [0.717, 1.165) is 0 Å². The van der Waals surface area contributed by atoms with Gasteiger partial charge in [0.25, 0.3) is 0 Å². The summed E-state index contributed by atoms with van der Waals surface area (Å²) in [6, 6.07) is 4.27. The average Bonchev–Trinajstić information content (AvgIpc) is 2.24. The molecular formula is C10H15Cl3N2O2S. The molecule has 4 nitrogen and oxygen atoms in total. The van der Waals surface area contributed by atoms with Crippen molar-refractivity contribution in [3.05, 3.63) is 28.2 Å². The Kier molecular flexibility index (Phi) is 7.51. The number of hydrogen-bond acceptors (Lipinski definition) is 3. The van der Waals surface area contributed by atoms with Crippen molar-refractivity contribution < 1.29 is 8.42 Å². The molecular weight excluding hydrogens is 319 g/mol. The zero-order chi connectivity index (χ0) is 13.1. The van der Waals surface area contributed by atoms with Gasteiger partial charge in [-0.15, -0.1) is 12.4 Å². The van der Waals surface area contributed by atoms with Crippen molar-refractivity contribution in [1.29, 1.82) is 0 Å². The van der Waals surface area contributed by atoms with Crippen LogP contribution in [0.2, 0.25) is 10.0 Å². The predicted molar refractivity (Wildman–Crippen MR) is 77.5 cm³/mol. The number of nitrogens with zero attached hydrogens (tertiary/aromatic N) is 1. The third kappa shape index (κ3) is 4.57. The normalized spacial score (nSPS) is 11.4. The highest BCUT2D eigenvalue weighted by Crippen LogP contribution is 2.24. The van der Waals surface area contributed by atoms with Gasteiger partial charge < -0.3 is 5.32 Å². The van der Waals surface area contributed by atoms with E-state index < -0.39 is 10.0 Å². The maximum absolute atomic E-state index is 12.1. The van der Waals surface area contributed by atoms with E-state index >= 15 is 0 Å². The molecule has 0 atom stereocenters. The minimum atomic E-state index is -3.53. The molecule has 104 valence electrons. The first-order chi connectivity index (χ1) is 7.87. The molecule has 0 spiro atoms. The van der Waals surface area contributed by atoms with Crippen molar-refractivity contribution in [2.24, 2.45) is 0 Å². The number of rotatable bonds is 5. The van der Waals surface area contributed by atoms with Gasteiger partial charge in [0, 0.05) is 30.2 Å². The van der Waals surface area contributed by atoms with E-state index in [0.29, 0.717) is 23.1 Å². The molecule has 1 N–H and O–H groups in total. The summed E-state index contributed by atoms with van der Waals surface area (Å²) in [4.78, 5) is 0.105. The molecule has 0 aromatic heterocycles. The minimum Gasteiger partial charge on any atom is -0.318 e. The second-order valence-corrected chi connectivity index (χ2v) is 6.45. The summed E-state index contributed by atoms with van der Waals surface area (Å²) in [6.07, 6.45) is 0. The summed E-state index contributed by atoms with van der Waals surface area (Å²) < 4.78 is 25.5. The van der Waals surface area contributed by atoms with Crippen molar-refractivity contribution in [1.82, 2.24) is 9.62 Å². The highest BCUT2D eigenvalue weighted by molar-refractivity contribution is 7.89. The van der Waals surface area contributed by atoms with Crippen LogP contribution in [0.1, 0.15) is 0 Å². The van der Waals surface area contributed by atoms with Crippen LogP contribution in [0, 0.1) is 0 Å². The largest absolute Gasteiger partial charge is 0.318 e. The fraction of sp³-hybridized carbons (Fsp3) is 0.400. The molecule has 0 heterocycles. The Bertz CT molecular complexity index is 474. The molecule has 0 saturated carbocycles. The summed E-state index contributed by atoms with van der Waals surface area (Å²) in [5.41, 5.74) is 0. The van der Waals surface area contributed by atoms with Gasteiger partial charge in [-0.25, -0.2) is 8.42 Å². The third-order valence-electron chi connectivity index (χ3n) is 2.22. The molecule has 1 aromatic carbocycles. The summed E-state index contributed by atoms with van der Waals surface area (Å²) in [5.74, 6) is 0. The second-order valence-electron chi connectivity index (χ2n) is 3.54. The summed E-state index contributed by atoms with van der Waals surface area (Å²) in [6.45, 7) is 0.951. The van der Waals surface area contributed by atoms with Crippen LogP contribution in [0.4, 0.5) is 0 Å². The van der Waals surface area contributed by atoms with Gasteiger partial charge in [-0.05, 0) is 25.2 Å². The Hall–Kier alpha value is -0.0400. The molecule has 0 unspecified atom stereocenters. The van der Waals surface area contributed by atoms with Crippen LogP contribution in [-0.4, -0.2) is 39.9 Å². The van der Waals surface area contributed by atoms with Crippen LogP contribution in [0.5, 0.6) is 0 Å². The lowest BCUT2D eigenvalue weighted by Gasteiger charge is -2.17. The fourth-order valence-corrected chi connectivity index (χ4v) is 3.15. The maximum atomic E-state index is 12.1. The Balaban J connectivity index is 0.00000289. The van der Waals surface area contributed by atoms with Gasteiger partial charge in [0.05, 0.1) is 4.90 Å². The van der Waals surface area contributed by atoms with Crippen molar-refractivity contribution in [2.75, 3.05) is 27.2 Å². The zero-order valence-corrected chi connectivity index (χ0v) is 13.1. The summed E-state index contributed by atoms with van der Waals surface area (Å²) in [5, 5.41) is 3.49. The quantitative estimate of drug-likeness (QED) is 0.899. The maximum Gasteiger partial charge on any atom is 0.242 e. The topological polar surface area (TPSA) is 49.4 Å². The van der Waals surface area contributed by atoms with Crippen LogP contribution in [-0.2, 0) is 10.0 Å². The molecule has 0 radical (unpaired) electrons. The number of hydrogen-bond donors (Lipinski definition) is 1.